The molecule has 29 heavy (non-hydrogen) atoms. The molecule has 0 radical (unpaired) electrons. The minimum atomic E-state index is -0.430. The zero-order valence-corrected chi connectivity index (χ0v) is 17.4. The van der Waals surface area contributed by atoms with Crippen molar-refractivity contribution in [3.05, 3.63) is 59.7 Å². The molecule has 2 aromatic carbocycles. The molecule has 0 fully saturated rings. The largest absolute Gasteiger partial charge is 0.494 e. The maximum atomic E-state index is 12.2. The quantitative estimate of drug-likeness (QED) is 0.216. The average Bonchev–Trinajstić information content (AvgIpc) is 2.76. The van der Waals surface area contributed by atoms with Gasteiger partial charge in [0.25, 0.3) is 0 Å². The van der Waals surface area contributed by atoms with E-state index < -0.39 is 5.97 Å². The van der Waals surface area contributed by atoms with Gasteiger partial charge in [-0.15, -0.1) is 0 Å². The summed E-state index contributed by atoms with van der Waals surface area (Å²) >= 11 is 0. The molecule has 0 saturated heterocycles. The summed E-state index contributed by atoms with van der Waals surface area (Å²) in [5, 5.41) is 8.80. The fourth-order valence-corrected chi connectivity index (χ4v) is 3.05. The molecule has 0 aliphatic heterocycles. The summed E-state index contributed by atoms with van der Waals surface area (Å²) in [6.07, 6.45) is 11.6. The third-order valence-corrected chi connectivity index (χ3v) is 4.80. The molecule has 0 aromatic heterocycles. The Labute approximate surface area is 174 Å². The van der Waals surface area contributed by atoms with Crippen molar-refractivity contribution in [2.45, 2.75) is 64.7 Å². The number of carbonyl (C=O) groups is 1. The van der Waals surface area contributed by atoms with Crippen LogP contribution in [0.2, 0.25) is 0 Å². The Morgan fingerprint density at radius 2 is 1.34 bits per heavy atom. The second-order valence-electron chi connectivity index (χ2n) is 7.23. The number of nitriles is 1. The molecule has 0 bridgehead atoms. The Morgan fingerprint density at radius 1 is 0.793 bits per heavy atom. The number of rotatable bonds is 13. The van der Waals surface area contributed by atoms with Crippen LogP contribution in [0, 0.1) is 11.3 Å². The number of carbonyl (C=O) groups excluding carboxylic acids is 1. The number of nitrogens with zero attached hydrogens (tertiary/aromatic N) is 1. The van der Waals surface area contributed by atoms with Crippen molar-refractivity contribution < 1.29 is 14.3 Å². The van der Waals surface area contributed by atoms with E-state index in [1.54, 1.807) is 48.5 Å². The van der Waals surface area contributed by atoms with Gasteiger partial charge in [0, 0.05) is 0 Å². The van der Waals surface area contributed by atoms with E-state index in [0.717, 1.165) is 12.2 Å². The third kappa shape index (κ3) is 8.83. The molecule has 0 unspecified atom stereocenters. The van der Waals surface area contributed by atoms with Gasteiger partial charge in [-0.05, 0) is 55.0 Å². The van der Waals surface area contributed by atoms with Crippen LogP contribution in [0.5, 0.6) is 11.5 Å². The highest BCUT2D eigenvalue weighted by Gasteiger charge is 2.09. The Hall–Kier alpha value is -2.80. The molecule has 0 spiro atoms. The average molecular weight is 394 g/mol. The van der Waals surface area contributed by atoms with E-state index in [9.17, 15) is 4.79 Å². The molecule has 0 aliphatic rings. The summed E-state index contributed by atoms with van der Waals surface area (Å²) in [4.78, 5) is 12.2. The molecule has 2 rings (SSSR count). The molecule has 2 aromatic rings. The fraction of sp³-hybridized carbons (Fsp3) is 0.440. The van der Waals surface area contributed by atoms with Gasteiger partial charge in [0.2, 0.25) is 0 Å². The second-order valence-corrected chi connectivity index (χ2v) is 7.23. The predicted octanol–water partition coefficient (Wildman–Crippen LogP) is 6.69. The van der Waals surface area contributed by atoms with Gasteiger partial charge < -0.3 is 9.47 Å². The molecule has 0 N–H and O–H groups in total. The van der Waals surface area contributed by atoms with Crippen molar-refractivity contribution in [1.82, 2.24) is 0 Å². The highest BCUT2D eigenvalue weighted by atomic mass is 16.5. The van der Waals surface area contributed by atoms with E-state index in [1.807, 2.05) is 6.07 Å². The van der Waals surface area contributed by atoms with E-state index in [2.05, 4.69) is 6.92 Å². The van der Waals surface area contributed by atoms with Gasteiger partial charge in [-0.25, -0.2) is 4.79 Å². The van der Waals surface area contributed by atoms with Gasteiger partial charge >= 0.3 is 5.97 Å². The van der Waals surface area contributed by atoms with Gasteiger partial charge in [0.15, 0.2) is 0 Å². The Morgan fingerprint density at radius 3 is 1.93 bits per heavy atom. The van der Waals surface area contributed by atoms with Gasteiger partial charge in [0.05, 0.1) is 23.8 Å². The lowest BCUT2D eigenvalue weighted by Crippen LogP contribution is -2.08. The van der Waals surface area contributed by atoms with E-state index in [0.29, 0.717) is 23.5 Å². The SMILES string of the molecule is CCCCCCCCCCCOc1ccc(C(=O)Oc2ccc(C#N)cc2)cc1. The first-order valence-electron chi connectivity index (χ1n) is 10.7. The molecule has 0 atom stereocenters. The fourth-order valence-electron chi connectivity index (χ4n) is 3.05. The molecule has 4 nitrogen and oxygen atoms in total. The smallest absolute Gasteiger partial charge is 0.343 e. The number of esters is 1. The molecule has 0 amide bonds. The topological polar surface area (TPSA) is 59.3 Å². The molecular formula is C25H31NO3. The lowest BCUT2D eigenvalue weighted by Gasteiger charge is -2.08. The number of ether oxygens (including phenoxy) is 2. The van der Waals surface area contributed by atoms with Crippen LogP contribution in [0.15, 0.2) is 48.5 Å². The van der Waals surface area contributed by atoms with Crippen LogP contribution in [0.25, 0.3) is 0 Å². The number of hydrogen-bond acceptors (Lipinski definition) is 4. The van der Waals surface area contributed by atoms with Crippen molar-refractivity contribution in [3.8, 4) is 17.6 Å². The maximum Gasteiger partial charge on any atom is 0.343 e. The highest BCUT2D eigenvalue weighted by Crippen LogP contribution is 2.17. The first kappa shape index (κ1) is 22.5. The van der Waals surface area contributed by atoms with Crippen molar-refractivity contribution in [2.24, 2.45) is 0 Å². The summed E-state index contributed by atoms with van der Waals surface area (Å²) in [7, 11) is 0. The highest BCUT2D eigenvalue weighted by molar-refractivity contribution is 5.91. The Balaban J connectivity index is 1.62. The summed E-state index contributed by atoms with van der Waals surface area (Å²) in [5.41, 5.74) is 0.989. The molecule has 0 aliphatic carbocycles. The van der Waals surface area contributed by atoms with Crippen molar-refractivity contribution in [3.63, 3.8) is 0 Å². The zero-order chi connectivity index (χ0) is 20.7. The molecular weight excluding hydrogens is 362 g/mol. The lowest BCUT2D eigenvalue weighted by atomic mass is 10.1. The van der Waals surface area contributed by atoms with E-state index in [-0.39, 0.29) is 0 Å². The van der Waals surface area contributed by atoms with Crippen LogP contribution >= 0.6 is 0 Å². The number of hydrogen-bond donors (Lipinski definition) is 0. The van der Waals surface area contributed by atoms with E-state index in [4.69, 9.17) is 14.7 Å². The Kier molecular flexibility index (Phi) is 10.4. The molecule has 0 saturated carbocycles. The normalized spacial score (nSPS) is 10.3. The minimum Gasteiger partial charge on any atom is -0.494 e. The second kappa shape index (κ2) is 13.4. The summed E-state index contributed by atoms with van der Waals surface area (Å²) < 4.78 is 11.1. The first-order chi connectivity index (χ1) is 14.2. The van der Waals surface area contributed by atoms with Crippen LogP contribution in [-0.4, -0.2) is 12.6 Å². The van der Waals surface area contributed by atoms with E-state index >= 15 is 0 Å². The molecule has 0 heterocycles. The van der Waals surface area contributed by atoms with Crippen LogP contribution in [0.4, 0.5) is 0 Å². The minimum absolute atomic E-state index is 0.416. The Bertz CT molecular complexity index is 760. The maximum absolute atomic E-state index is 12.2. The monoisotopic (exact) mass is 393 g/mol. The standard InChI is InChI=1S/C25H31NO3/c1-2-3-4-5-6-7-8-9-10-19-28-23-17-13-22(14-18-23)25(27)29-24-15-11-21(20-26)12-16-24/h11-18H,2-10,19H2,1H3. The third-order valence-electron chi connectivity index (χ3n) is 4.80. The number of unbranched alkanes of at least 4 members (excludes halogenated alkanes) is 8. The number of benzene rings is 2. The van der Waals surface area contributed by atoms with Crippen LogP contribution < -0.4 is 9.47 Å². The summed E-state index contributed by atoms with van der Waals surface area (Å²) in [6, 6.07) is 15.5. The van der Waals surface area contributed by atoms with Crippen LogP contribution in [0.1, 0.15) is 80.6 Å². The van der Waals surface area contributed by atoms with Crippen molar-refractivity contribution >= 4 is 5.97 Å². The van der Waals surface area contributed by atoms with Crippen LogP contribution in [0.3, 0.4) is 0 Å². The molecule has 154 valence electrons. The van der Waals surface area contributed by atoms with Gasteiger partial charge in [-0.2, -0.15) is 5.26 Å². The van der Waals surface area contributed by atoms with Crippen LogP contribution in [-0.2, 0) is 0 Å². The van der Waals surface area contributed by atoms with Crippen molar-refractivity contribution in [2.75, 3.05) is 6.61 Å². The predicted molar refractivity (Wildman–Crippen MR) is 115 cm³/mol. The first-order valence-corrected chi connectivity index (χ1v) is 10.7. The van der Waals surface area contributed by atoms with Gasteiger partial charge in [0.1, 0.15) is 11.5 Å². The van der Waals surface area contributed by atoms with Crippen molar-refractivity contribution in [1.29, 1.82) is 5.26 Å². The molecule has 4 heteroatoms. The lowest BCUT2D eigenvalue weighted by molar-refractivity contribution is 0.0734. The zero-order valence-electron chi connectivity index (χ0n) is 17.4. The van der Waals surface area contributed by atoms with Gasteiger partial charge in [-0.3, -0.25) is 0 Å². The van der Waals surface area contributed by atoms with E-state index in [1.165, 1.54) is 51.4 Å². The van der Waals surface area contributed by atoms with Gasteiger partial charge in [-0.1, -0.05) is 58.3 Å². The summed E-state index contributed by atoms with van der Waals surface area (Å²) in [5.74, 6) is 0.749. The summed E-state index contributed by atoms with van der Waals surface area (Å²) in [6.45, 7) is 2.95.